The van der Waals surface area contributed by atoms with Crippen LogP contribution >= 0.6 is 15.9 Å². The predicted octanol–water partition coefficient (Wildman–Crippen LogP) is 6.52. The van der Waals surface area contributed by atoms with E-state index in [1.807, 2.05) is 75.4 Å². The van der Waals surface area contributed by atoms with E-state index >= 15 is 0 Å². The molecular formula is C36H40BrN3O5S. The number of halogens is 1. The maximum absolute atomic E-state index is 14.6. The van der Waals surface area contributed by atoms with Crippen LogP contribution in [0, 0.1) is 6.92 Å². The van der Waals surface area contributed by atoms with Crippen molar-refractivity contribution in [3.05, 3.63) is 124 Å². The highest BCUT2D eigenvalue weighted by molar-refractivity contribution is 9.10. The van der Waals surface area contributed by atoms with Gasteiger partial charge in [-0.25, -0.2) is 8.42 Å². The van der Waals surface area contributed by atoms with Gasteiger partial charge < -0.3 is 15.0 Å². The van der Waals surface area contributed by atoms with E-state index in [9.17, 15) is 18.0 Å². The zero-order valence-electron chi connectivity index (χ0n) is 26.4. The SMILES string of the molecule is CCCNC(=O)[C@@H](Cc1ccccc1)N(Cc1ccccc1C)C(=O)CN(c1ccc(OCC)cc1)S(=O)(=O)c1ccc(Br)cc1. The smallest absolute Gasteiger partial charge is 0.264 e. The first-order valence-corrected chi connectivity index (χ1v) is 17.5. The lowest BCUT2D eigenvalue weighted by Gasteiger charge is -2.34. The molecule has 0 saturated heterocycles. The molecule has 0 saturated carbocycles. The lowest BCUT2D eigenvalue weighted by molar-refractivity contribution is -0.140. The summed E-state index contributed by atoms with van der Waals surface area (Å²) in [6.45, 7) is 6.28. The first-order valence-electron chi connectivity index (χ1n) is 15.3. The molecule has 0 aliphatic carbocycles. The molecule has 0 heterocycles. The van der Waals surface area contributed by atoms with Gasteiger partial charge in [0, 0.05) is 24.0 Å². The summed E-state index contributed by atoms with van der Waals surface area (Å²) in [5.41, 5.74) is 3.00. The molecule has 0 aliphatic heterocycles. The Morgan fingerprint density at radius 1 is 0.870 bits per heavy atom. The van der Waals surface area contributed by atoms with Crippen molar-refractivity contribution in [1.29, 1.82) is 0 Å². The van der Waals surface area contributed by atoms with Gasteiger partial charge >= 0.3 is 0 Å². The summed E-state index contributed by atoms with van der Waals surface area (Å²) in [7, 11) is -4.20. The largest absolute Gasteiger partial charge is 0.494 e. The van der Waals surface area contributed by atoms with Crippen LogP contribution in [0.25, 0.3) is 0 Å². The second kappa shape index (κ2) is 16.4. The van der Waals surface area contributed by atoms with Crippen molar-refractivity contribution < 1.29 is 22.7 Å². The van der Waals surface area contributed by atoms with Gasteiger partial charge in [-0.15, -0.1) is 0 Å². The second-order valence-corrected chi connectivity index (χ2v) is 13.6. The summed E-state index contributed by atoms with van der Waals surface area (Å²) in [4.78, 5) is 29.9. The first kappa shape index (κ1) is 34.7. The normalized spacial score (nSPS) is 11.8. The third kappa shape index (κ3) is 8.98. The minimum absolute atomic E-state index is 0.0318. The van der Waals surface area contributed by atoms with E-state index in [2.05, 4.69) is 21.2 Å². The highest BCUT2D eigenvalue weighted by Gasteiger charge is 2.34. The van der Waals surface area contributed by atoms with Crippen molar-refractivity contribution in [2.45, 2.75) is 51.1 Å². The number of carbonyl (C=O) groups is 2. The van der Waals surface area contributed by atoms with Gasteiger partial charge in [0.25, 0.3) is 10.0 Å². The Morgan fingerprint density at radius 3 is 2.15 bits per heavy atom. The lowest BCUT2D eigenvalue weighted by atomic mass is 10.0. The molecule has 1 atom stereocenters. The van der Waals surface area contributed by atoms with E-state index in [1.165, 1.54) is 17.0 Å². The van der Waals surface area contributed by atoms with Crippen LogP contribution < -0.4 is 14.4 Å². The first-order chi connectivity index (χ1) is 22.1. The summed E-state index contributed by atoms with van der Waals surface area (Å²) in [5, 5.41) is 2.97. The van der Waals surface area contributed by atoms with Gasteiger partial charge in [0.15, 0.2) is 0 Å². The minimum Gasteiger partial charge on any atom is -0.494 e. The third-order valence-electron chi connectivity index (χ3n) is 7.54. The summed E-state index contributed by atoms with van der Waals surface area (Å²) in [6, 6.07) is 29.2. The van der Waals surface area contributed by atoms with Crippen molar-refractivity contribution in [3.63, 3.8) is 0 Å². The molecule has 0 aliphatic rings. The Hall–Kier alpha value is -4.15. The Kier molecular flexibility index (Phi) is 12.4. The van der Waals surface area contributed by atoms with E-state index < -0.39 is 28.5 Å². The fourth-order valence-corrected chi connectivity index (χ4v) is 6.71. The monoisotopic (exact) mass is 705 g/mol. The van der Waals surface area contributed by atoms with Crippen LogP contribution in [0.5, 0.6) is 5.75 Å². The molecule has 4 rings (SSSR count). The van der Waals surface area contributed by atoms with E-state index in [4.69, 9.17) is 4.74 Å². The maximum atomic E-state index is 14.6. The van der Waals surface area contributed by atoms with Crippen molar-refractivity contribution >= 4 is 43.5 Å². The molecule has 0 spiro atoms. The number of ether oxygens (including phenoxy) is 1. The quantitative estimate of drug-likeness (QED) is 0.152. The number of rotatable bonds is 15. The van der Waals surface area contributed by atoms with Crippen LogP contribution in [0.2, 0.25) is 0 Å². The number of hydrogen-bond acceptors (Lipinski definition) is 5. The molecule has 242 valence electrons. The van der Waals surface area contributed by atoms with Gasteiger partial charge in [0.1, 0.15) is 18.3 Å². The van der Waals surface area contributed by atoms with E-state index in [1.54, 1.807) is 36.4 Å². The highest BCUT2D eigenvalue weighted by atomic mass is 79.9. The number of carbonyl (C=O) groups excluding carboxylic acids is 2. The van der Waals surface area contributed by atoms with Crippen molar-refractivity contribution in [2.24, 2.45) is 0 Å². The summed E-state index contributed by atoms with van der Waals surface area (Å²) in [5.74, 6) is -0.225. The van der Waals surface area contributed by atoms with Crippen molar-refractivity contribution in [3.8, 4) is 5.75 Å². The van der Waals surface area contributed by atoms with Gasteiger partial charge in [-0.3, -0.25) is 13.9 Å². The number of amides is 2. The van der Waals surface area contributed by atoms with Gasteiger partial charge in [-0.1, -0.05) is 77.5 Å². The minimum atomic E-state index is -4.20. The zero-order valence-corrected chi connectivity index (χ0v) is 28.8. The molecule has 8 nitrogen and oxygen atoms in total. The Balaban J connectivity index is 1.80. The van der Waals surface area contributed by atoms with E-state index in [0.717, 1.165) is 31.9 Å². The fourth-order valence-electron chi connectivity index (χ4n) is 5.03. The van der Waals surface area contributed by atoms with E-state index in [0.29, 0.717) is 24.6 Å². The van der Waals surface area contributed by atoms with Gasteiger partial charge in [0.2, 0.25) is 11.8 Å². The molecule has 0 unspecified atom stereocenters. The number of anilines is 1. The van der Waals surface area contributed by atoms with Crippen LogP contribution in [-0.4, -0.2) is 50.9 Å². The standard InChI is InChI=1S/C36H40BrN3O5S/c1-4-23-38-36(42)34(24-28-12-7-6-8-13-28)39(25-29-14-10-9-11-27(29)3)35(41)26-40(31-17-19-32(20-18-31)45-5-2)46(43,44)33-21-15-30(37)16-22-33/h6-22,34H,4-5,23-26H2,1-3H3,(H,38,42)/t34-/m1/s1. The number of aryl methyl sites for hydroxylation is 1. The third-order valence-corrected chi connectivity index (χ3v) is 9.86. The lowest BCUT2D eigenvalue weighted by Crippen LogP contribution is -2.53. The van der Waals surface area contributed by atoms with E-state index in [-0.39, 0.29) is 23.8 Å². The number of sulfonamides is 1. The topological polar surface area (TPSA) is 96.0 Å². The van der Waals surface area contributed by atoms with Crippen molar-refractivity contribution in [2.75, 3.05) is 24.0 Å². The average molecular weight is 707 g/mol. The summed E-state index contributed by atoms with van der Waals surface area (Å²) >= 11 is 3.37. The van der Waals surface area contributed by atoms with Crippen molar-refractivity contribution in [1.82, 2.24) is 10.2 Å². The Labute approximate surface area is 280 Å². The molecule has 0 bridgehead atoms. The number of nitrogens with one attached hydrogen (secondary N) is 1. The molecule has 1 N–H and O–H groups in total. The van der Waals surface area contributed by atoms with Gasteiger partial charge in [-0.2, -0.15) is 0 Å². The molecular weight excluding hydrogens is 666 g/mol. The molecule has 10 heteroatoms. The molecule has 46 heavy (non-hydrogen) atoms. The number of nitrogens with zero attached hydrogens (tertiary/aromatic N) is 2. The molecule has 0 fully saturated rings. The Bertz CT molecular complexity index is 1700. The molecule has 4 aromatic carbocycles. The second-order valence-electron chi connectivity index (χ2n) is 10.8. The maximum Gasteiger partial charge on any atom is 0.264 e. The van der Waals surface area contributed by atoms with Gasteiger partial charge in [0.05, 0.1) is 17.2 Å². The molecule has 0 aromatic heterocycles. The average Bonchev–Trinajstić information content (AvgIpc) is 3.06. The predicted molar refractivity (Wildman–Crippen MR) is 185 cm³/mol. The van der Waals surface area contributed by atoms with Crippen LogP contribution in [-0.2, 0) is 32.6 Å². The van der Waals surface area contributed by atoms with Gasteiger partial charge in [-0.05, 0) is 85.5 Å². The van der Waals surface area contributed by atoms with Crippen LogP contribution in [0.15, 0.2) is 112 Å². The zero-order chi connectivity index (χ0) is 33.1. The fraction of sp³-hybridized carbons (Fsp3) is 0.278. The molecule has 2 amide bonds. The van der Waals surface area contributed by atoms with Crippen LogP contribution in [0.4, 0.5) is 5.69 Å². The number of hydrogen-bond donors (Lipinski definition) is 1. The van der Waals surface area contributed by atoms with Crippen LogP contribution in [0.3, 0.4) is 0 Å². The molecule has 4 aromatic rings. The Morgan fingerprint density at radius 2 is 1.52 bits per heavy atom. The number of benzene rings is 4. The molecule has 0 radical (unpaired) electrons. The highest BCUT2D eigenvalue weighted by Crippen LogP contribution is 2.28. The van der Waals surface area contributed by atoms with Crippen LogP contribution in [0.1, 0.15) is 37.0 Å². The summed E-state index contributed by atoms with van der Waals surface area (Å²) in [6.07, 6.45) is 0.989. The summed E-state index contributed by atoms with van der Waals surface area (Å²) < 4.78 is 35.8.